The summed E-state index contributed by atoms with van der Waals surface area (Å²) in [4.78, 5) is 33.3. The average molecular weight is 557 g/mol. The maximum Gasteiger partial charge on any atom is 0.405 e. The molecule has 8 nitrogen and oxygen atoms in total. The van der Waals surface area contributed by atoms with Gasteiger partial charge in [-0.1, -0.05) is 30.3 Å². The fraction of sp³-hybridized carbons (Fsp3) is 0.414. The Balaban J connectivity index is 1.60. The summed E-state index contributed by atoms with van der Waals surface area (Å²) in [5.41, 5.74) is 6.85. The van der Waals surface area contributed by atoms with Crippen molar-refractivity contribution in [3.8, 4) is 5.69 Å². The number of carbonyl (C=O) groups excluding carboxylic acids is 2. The van der Waals surface area contributed by atoms with Gasteiger partial charge >= 0.3 is 6.18 Å². The third-order valence-corrected chi connectivity index (χ3v) is 7.19. The van der Waals surface area contributed by atoms with E-state index in [1.165, 1.54) is 0 Å². The first kappa shape index (κ1) is 29.3. The van der Waals surface area contributed by atoms with Crippen LogP contribution in [0.25, 0.3) is 5.69 Å². The number of aromatic nitrogens is 2. The Morgan fingerprint density at radius 3 is 2.52 bits per heavy atom. The van der Waals surface area contributed by atoms with Crippen LogP contribution in [0, 0.1) is 0 Å². The Hall–Kier alpha value is -3.70. The number of nitrogens with two attached hydrogens (primary N) is 1. The number of primary amides is 1. The second-order valence-electron chi connectivity index (χ2n) is 10.3. The molecule has 0 saturated carbocycles. The lowest BCUT2D eigenvalue weighted by Crippen LogP contribution is -2.70. The molecule has 1 fully saturated rings. The Morgan fingerprint density at radius 1 is 1.02 bits per heavy atom. The van der Waals surface area contributed by atoms with Gasteiger partial charge in [-0.15, -0.1) is 0 Å². The number of halogens is 3. The first-order valence-electron chi connectivity index (χ1n) is 13.4. The Morgan fingerprint density at radius 2 is 1.82 bits per heavy atom. The number of unbranched alkanes of at least 4 members (excludes halogenated alkanes) is 1. The van der Waals surface area contributed by atoms with Gasteiger partial charge in [0.1, 0.15) is 12.1 Å². The summed E-state index contributed by atoms with van der Waals surface area (Å²) in [5.74, 6) is -1.05. The second-order valence-corrected chi connectivity index (χ2v) is 10.3. The smallest absolute Gasteiger partial charge is 0.370 e. The Bertz CT molecular complexity index is 1250. The third-order valence-electron chi connectivity index (χ3n) is 7.19. The molecule has 1 aliphatic rings. The molecule has 1 aliphatic heterocycles. The van der Waals surface area contributed by atoms with Gasteiger partial charge in [-0.25, -0.2) is 0 Å². The first-order chi connectivity index (χ1) is 19.1. The van der Waals surface area contributed by atoms with Crippen molar-refractivity contribution in [2.75, 3.05) is 32.7 Å². The lowest BCUT2D eigenvalue weighted by molar-refractivity contribution is -0.150. The number of carbonyl (C=O) groups is 2. The van der Waals surface area contributed by atoms with Crippen molar-refractivity contribution in [1.82, 2.24) is 24.7 Å². The highest BCUT2D eigenvalue weighted by molar-refractivity contribution is 5.87. The van der Waals surface area contributed by atoms with Crippen LogP contribution in [-0.2, 0) is 22.6 Å². The summed E-state index contributed by atoms with van der Waals surface area (Å²) in [5, 5.41) is 2.18. The van der Waals surface area contributed by atoms with Gasteiger partial charge in [-0.2, -0.15) is 13.2 Å². The Labute approximate surface area is 232 Å². The molecule has 1 atom stereocenters. The maximum atomic E-state index is 13.7. The minimum atomic E-state index is -4.53. The summed E-state index contributed by atoms with van der Waals surface area (Å²) in [6.45, 7) is 0.977. The van der Waals surface area contributed by atoms with Gasteiger partial charge in [-0.3, -0.25) is 24.4 Å². The first-order valence-corrected chi connectivity index (χ1v) is 13.4. The molecule has 2 amide bonds. The molecule has 1 aromatic carbocycles. The minimum Gasteiger partial charge on any atom is -0.370 e. The van der Waals surface area contributed by atoms with E-state index in [1.807, 2.05) is 70.4 Å². The number of hydrogen-bond donors (Lipinski definition) is 2. The van der Waals surface area contributed by atoms with Gasteiger partial charge in [0, 0.05) is 57.6 Å². The number of rotatable bonds is 12. The molecule has 1 unspecified atom stereocenters. The van der Waals surface area contributed by atoms with Crippen LogP contribution >= 0.6 is 0 Å². The quantitative estimate of drug-likeness (QED) is 0.334. The molecule has 0 spiro atoms. The number of amides is 2. The molecule has 3 N–H and O–H groups in total. The van der Waals surface area contributed by atoms with Crippen LogP contribution in [0.15, 0.2) is 73.3 Å². The number of pyridine rings is 1. The number of piperazine rings is 1. The summed E-state index contributed by atoms with van der Waals surface area (Å²) in [6.07, 6.45) is 4.49. The molecule has 214 valence electrons. The highest BCUT2D eigenvalue weighted by atomic mass is 19.4. The van der Waals surface area contributed by atoms with Crippen LogP contribution < -0.4 is 11.1 Å². The van der Waals surface area contributed by atoms with E-state index in [-0.39, 0.29) is 19.4 Å². The molecule has 3 heterocycles. The molecule has 0 aliphatic carbocycles. The van der Waals surface area contributed by atoms with Crippen LogP contribution in [0.2, 0.25) is 0 Å². The fourth-order valence-corrected chi connectivity index (χ4v) is 5.29. The van der Waals surface area contributed by atoms with Crippen molar-refractivity contribution in [3.63, 3.8) is 0 Å². The lowest BCUT2D eigenvalue weighted by Gasteiger charge is -2.50. The van der Waals surface area contributed by atoms with Gasteiger partial charge < -0.3 is 15.6 Å². The van der Waals surface area contributed by atoms with Gasteiger partial charge in [0.05, 0.1) is 11.9 Å². The fourth-order valence-electron chi connectivity index (χ4n) is 5.29. The zero-order chi connectivity index (χ0) is 28.6. The van der Waals surface area contributed by atoms with E-state index in [0.29, 0.717) is 39.0 Å². The standard InChI is InChI=1S/C29H35F3N6O2/c30-29(31,32)21-35-27(40)28(17-23-7-2-1-3-8-23)22-36(15-16-38(28)13-5-4-10-26(33)39)19-24-11-14-37(20-24)25-9-6-12-34-18-25/h1-3,6-9,11-12,14,18,20H,4-5,10,13,15-17,19,21-22H2,(H2,33,39)(H,35,40). The van der Waals surface area contributed by atoms with Crippen molar-refractivity contribution in [3.05, 3.63) is 84.4 Å². The monoisotopic (exact) mass is 556 g/mol. The Kier molecular flexibility index (Phi) is 9.59. The number of hydrogen-bond acceptors (Lipinski definition) is 5. The van der Waals surface area contributed by atoms with Crippen LogP contribution in [0.5, 0.6) is 0 Å². The average Bonchev–Trinajstić information content (AvgIpc) is 3.39. The normalized spacial score (nSPS) is 18.5. The summed E-state index contributed by atoms with van der Waals surface area (Å²) < 4.78 is 41.5. The highest BCUT2D eigenvalue weighted by Gasteiger charge is 2.48. The van der Waals surface area contributed by atoms with Crippen molar-refractivity contribution in [2.24, 2.45) is 5.73 Å². The van der Waals surface area contributed by atoms with E-state index in [4.69, 9.17) is 5.73 Å². The molecular weight excluding hydrogens is 521 g/mol. The zero-order valence-electron chi connectivity index (χ0n) is 22.3. The van der Waals surface area contributed by atoms with Gasteiger partial charge in [-0.05, 0) is 48.7 Å². The van der Waals surface area contributed by atoms with Gasteiger partial charge in [0.25, 0.3) is 0 Å². The lowest BCUT2D eigenvalue weighted by atomic mass is 9.84. The van der Waals surface area contributed by atoms with Crippen molar-refractivity contribution < 1.29 is 22.8 Å². The number of benzene rings is 1. The van der Waals surface area contributed by atoms with Crippen LogP contribution in [-0.4, -0.2) is 75.6 Å². The molecule has 11 heteroatoms. The highest BCUT2D eigenvalue weighted by Crippen LogP contribution is 2.29. The molecule has 2 aromatic heterocycles. The molecular formula is C29H35F3N6O2. The van der Waals surface area contributed by atoms with Gasteiger partial charge in [0.15, 0.2) is 0 Å². The molecule has 1 saturated heterocycles. The molecule has 3 aromatic rings. The van der Waals surface area contributed by atoms with Crippen molar-refractivity contribution >= 4 is 11.8 Å². The number of nitrogens with one attached hydrogen (secondary N) is 1. The van der Waals surface area contributed by atoms with E-state index >= 15 is 0 Å². The molecule has 0 bridgehead atoms. The molecule has 4 rings (SSSR count). The summed E-state index contributed by atoms with van der Waals surface area (Å²) in [7, 11) is 0. The van der Waals surface area contributed by atoms with Crippen LogP contribution in [0.1, 0.15) is 30.4 Å². The van der Waals surface area contributed by atoms with E-state index in [9.17, 15) is 22.8 Å². The van der Waals surface area contributed by atoms with Crippen molar-refractivity contribution in [2.45, 2.75) is 43.9 Å². The van der Waals surface area contributed by atoms with E-state index in [1.54, 1.807) is 12.4 Å². The topological polar surface area (TPSA) is 96.5 Å². The largest absolute Gasteiger partial charge is 0.405 e. The van der Waals surface area contributed by atoms with E-state index < -0.39 is 30.1 Å². The summed E-state index contributed by atoms with van der Waals surface area (Å²) in [6, 6.07) is 15.1. The van der Waals surface area contributed by atoms with E-state index in [2.05, 4.69) is 15.2 Å². The predicted molar refractivity (Wildman–Crippen MR) is 145 cm³/mol. The van der Waals surface area contributed by atoms with Crippen molar-refractivity contribution in [1.29, 1.82) is 0 Å². The van der Waals surface area contributed by atoms with Crippen LogP contribution in [0.4, 0.5) is 13.2 Å². The SMILES string of the molecule is NC(=O)CCCCN1CCN(Cc2ccn(-c3cccnc3)c2)CC1(Cc1ccccc1)C(=O)NCC(F)(F)F. The minimum absolute atomic E-state index is 0.222. The van der Waals surface area contributed by atoms with Gasteiger partial charge in [0.2, 0.25) is 11.8 Å². The maximum absolute atomic E-state index is 13.7. The zero-order valence-corrected chi connectivity index (χ0v) is 22.3. The third kappa shape index (κ3) is 7.92. The predicted octanol–water partition coefficient (Wildman–Crippen LogP) is 3.31. The van der Waals surface area contributed by atoms with Crippen LogP contribution in [0.3, 0.4) is 0 Å². The second kappa shape index (κ2) is 13.1. The van der Waals surface area contributed by atoms with E-state index in [0.717, 1.165) is 16.8 Å². The molecule has 40 heavy (non-hydrogen) atoms. The molecule has 0 radical (unpaired) electrons. The summed E-state index contributed by atoms with van der Waals surface area (Å²) >= 11 is 0. The number of alkyl halides is 3. The number of nitrogens with zero attached hydrogens (tertiary/aromatic N) is 4.